The molecule has 0 aliphatic heterocycles. The molecule has 0 fully saturated rings. The van der Waals surface area contributed by atoms with Gasteiger partial charge in [-0.05, 0) is 6.23 Å². The molecule has 0 aromatic carbocycles. The Balaban J connectivity index is 2.34. The zero-order valence-electron chi connectivity index (χ0n) is 3.68. The minimum atomic E-state index is 0.115. The highest BCUT2D eigenvalue weighted by Gasteiger charge is 1.69. The summed E-state index contributed by atoms with van der Waals surface area (Å²) in [4.78, 5) is 0. The van der Waals surface area contributed by atoms with Crippen molar-refractivity contribution in [3.05, 3.63) is 0 Å². The molecule has 0 aliphatic rings. The maximum Gasteiger partial charge on any atom is 0.0986 e. The largest absolute Gasteiger partial charge is 0.385 e. The molecule has 0 heterocycles. The van der Waals surface area contributed by atoms with Crippen molar-refractivity contribution in [2.24, 2.45) is 0 Å². The van der Waals surface area contributed by atoms with Gasteiger partial charge in [-0.1, -0.05) is 21.6 Å². The molecular weight excluding hydrogens is 104 g/mol. The van der Waals surface area contributed by atoms with Crippen molar-refractivity contribution in [1.29, 1.82) is 0 Å². The number of aliphatic hydroxyl groups excluding tert-OH is 1. The summed E-state index contributed by atoms with van der Waals surface area (Å²) >= 11 is 0. The monoisotopic (exact) mass is 111 g/mol. The Morgan fingerprint density at radius 2 is 3.00 bits per heavy atom. The third kappa shape index (κ3) is 4.66. The summed E-state index contributed by atoms with van der Waals surface area (Å²) in [7, 11) is 2.63. The predicted molar refractivity (Wildman–Crippen MR) is 28.2 cm³/mol. The Hall–Kier alpha value is 0.660. The summed E-state index contributed by atoms with van der Waals surface area (Å²) in [5, 5.41) is 8.06. The van der Waals surface area contributed by atoms with Gasteiger partial charge in [0.05, 0.1) is 5.94 Å². The van der Waals surface area contributed by atoms with E-state index in [1.54, 1.807) is 0 Å². The molecule has 0 radical (unpaired) electrons. The van der Waals surface area contributed by atoms with Gasteiger partial charge in [0.15, 0.2) is 0 Å². The molecule has 0 amide bonds. The Morgan fingerprint density at radius 3 is 3.20 bits per heavy atom. The molecular formula is C2H6OS2. The van der Waals surface area contributed by atoms with Gasteiger partial charge < -0.3 is 5.11 Å². The van der Waals surface area contributed by atoms with Crippen LogP contribution in [0.1, 0.15) is 1.37 Å². The summed E-state index contributed by atoms with van der Waals surface area (Å²) in [6.45, 7) is 0. The second-order valence-electron chi connectivity index (χ2n) is 0.365. The van der Waals surface area contributed by atoms with E-state index in [0.717, 1.165) is 0 Å². The van der Waals surface area contributed by atoms with Gasteiger partial charge in [0, 0.05) is 1.37 Å². The fourth-order valence-electron chi connectivity index (χ4n) is 0.0373. The van der Waals surface area contributed by atoms with Gasteiger partial charge in [-0.15, -0.1) is 0 Å². The molecule has 5 heavy (non-hydrogen) atoms. The Kier molecular flexibility index (Phi) is 3.58. The second-order valence-corrected chi connectivity index (χ2v) is 2.51. The SMILES string of the molecule is [2H]CSSCO. The normalized spacial score (nSPS) is 11.0. The molecule has 0 saturated carbocycles. The summed E-state index contributed by atoms with van der Waals surface area (Å²) in [5.74, 6) is 0.115. The van der Waals surface area contributed by atoms with Crippen molar-refractivity contribution in [3.63, 3.8) is 0 Å². The molecule has 0 atom stereocenters. The number of hydrogen-bond donors (Lipinski definition) is 1. The summed E-state index contributed by atoms with van der Waals surface area (Å²) < 4.78 is 6.54. The molecule has 32 valence electrons. The van der Waals surface area contributed by atoms with Crippen LogP contribution >= 0.6 is 21.6 Å². The number of aliphatic hydroxyl groups is 1. The first-order valence-electron chi connectivity index (χ1n) is 1.77. The lowest BCUT2D eigenvalue weighted by Gasteiger charge is -1.79. The average Bonchev–Trinajstić information content (AvgIpc) is 1.61. The molecule has 1 nitrogen and oxygen atoms in total. The first kappa shape index (κ1) is 3.84. The Labute approximate surface area is 40.9 Å². The standard InChI is InChI=1S/C2H6OS2/c1-4-5-2-3/h3H,2H2,1H3/i1D. The molecule has 0 unspecified atom stereocenters. The van der Waals surface area contributed by atoms with Gasteiger partial charge in [0.2, 0.25) is 0 Å². The third-order valence-electron chi connectivity index (χ3n) is 0.136. The van der Waals surface area contributed by atoms with Crippen LogP contribution in [0, 0.1) is 0 Å². The maximum absolute atomic E-state index is 8.06. The van der Waals surface area contributed by atoms with Gasteiger partial charge in [-0.3, -0.25) is 0 Å². The Bertz CT molecular complexity index is 23.5. The average molecular weight is 111 g/mol. The van der Waals surface area contributed by atoms with Crippen molar-refractivity contribution in [3.8, 4) is 0 Å². The fourth-order valence-corrected chi connectivity index (χ4v) is 0.335. The van der Waals surface area contributed by atoms with E-state index in [1.165, 1.54) is 21.6 Å². The highest BCUT2D eigenvalue weighted by atomic mass is 33.1. The number of rotatable bonds is 2. The van der Waals surface area contributed by atoms with E-state index in [9.17, 15) is 0 Å². The zero-order chi connectivity index (χ0) is 4.83. The highest BCUT2D eigenvalue weighted by molar-refractivity contribution is 8.76. The lowest BCUT2D eigenvalue weighted by atomic mass is 11.7. The molecule has 0 spiro atoms. The molecule has 0 saturated heterocycles. The summed E-state index contributed by atoms with van der Waals surface area (Å²) in [5.41, 5.74) is 0. The van der Waals surface area contributed by atoms with E-state index < -0.39 is 0 Å². The van der Waals surface area contributed by atoms with Crippen LogP contribution in [0.4, 0.5) is 0 Å². The predicted octanol–water partition coefficient (Wildman–Crippen LogP) is 0.947. The van der Waals surface area contributed by atoms with E-state index in [2.05, 4.69) is 0 Å². The van der Waals surface area contributed by atoms with E-state index in [0.29, 0.717) is 6.23 Å². The molecule has 0 aromatic heterocycles. The maximum atomic E-state index is 8.06. The fraction of sp³-hybridized carbons (Fsp3) is 1.00. The molecule has 0 aromatic rings. The van der Waals surface area contributed by atoms with E-state index >= 15 is 0 Å². The molecule has 1 N–H and O–H groups in total. The van der Waals surface area contributed by atoms with Crippen LogP contribution in [0.2, 0.25) is 0 Å². The Morgan fingerprint density at radius 1 is 2.20 bits per heavy atom. The van der Waals surface area contributed by atoms with Crippen LogP contribution in [-0.4, -0.2) is 17.3 Å². The molecule has 0 aliphatic carbocycles. The van der Waals surface area contributed by atoms with Crippen molar-refractivity contribution in [1.82, 2.24) is 0 Å². The van der Waals surface area contributed by atoms with Crippen LogP contribution in [0.25, 0.3) is 0 Å². The zero-order valence-corrected chi connectivity index (χ0v) is 4.31. The molecule has 0 bridgehead atoms. The van der Waals surface area contributed by atoms with Crippen LogP contribution in [0.3, 0.4) is 0 Å². The highest BCUT2D eigenvalue weighted by Crippen LogP contribution is 2.13. The smallest absolute Gasteiger partial charge is 0.0986 e. The lowest BCUT2D eigenvalue weighted by molar-refractivity contribution is 0.376. The van der Waals surface area contributed by atoms with Crippen LogP contribution in [-0.2, 0) is 0 Å². The second kappa shape index (κ2) is 4.66. The topological polar surface area (TPSA) is 20.2 Å². The molecule has 0 rings (SSSR count). The van der Waals surface area contributed by atoms with Gasteiger partial charge in [-0.25, -0.2) is 0 Å². The van der Waals surface area contributed by atoms with Crippen molar-refractivity contribution < 1.29 is 6.48 Å². The van der Waals surface area contributed by atoms with Crippen molar-refractivity contribution >= 4 is 21.6 Å². The minimum absolute atomic E-state index is 0.115. The first-order chi connectivity index (χ1) is 2.91. The van der Waals surface area contributed by atoms with Gasteiger partial charge in [-0.2, -0.15) is 0 Å². The van der Waals surface area contributed by atoms with Crippen molar-refractivity contribution in [2.75, 3.05) is 12.2 Å². The summed E-state index contributed by atoms with van der Waals surface area (Å²) in [6.07, 6.45) is 0.325. The van der Waals surface area contributed by atoms with Crippen molar-refractivity contribution in [2.45, 2.75) is 0 Å². The third-order valence-corrected chi connectivity index (χ3v) is 1.22. The first-order valence-corrected chi connectivity index (χ1v) is 3.55. The van der Waals surface area contributed by atoms with Gasteiger partial charge in [0.1, 0.15) is 0 Å². The van der Waals surface area contributed by atoms with Gasteiger partial charge >= 0.3 is 0 Å². The van der Waals surface area contributed by atoms with E-state index in [4.69, 9.17) is 6.48 Å². The van der Waals surface area contributed by atoms with E-state index in [-0.39, 0.29) is 5.94 Å². The number of hydrogen-bond acceptors (Lipinski definition) is 3. The van der Waals surface area contributed by atoms with Gasteiger partial charge in [0.25, 0.3) is 0 Å². The summed E-state index contributed by atoms with van der Waals surface area (Å²) in [6, 6.07) is 0. The molecule has 3 heteroatoms. The minimum Gasteiger partial charge on any atom is -0.385 e. The van der Waals surface area contributed by atoms with Crippen LogP contribution in [0.5, 0.6) is 0 Å². The quantitative estimate of drug-likeness (QED) is 0.325. The lowest BCUT2D eigenvalue weighted by Crippen LogP contribution is -1.60. The van der Waals surface area contributed by atoms with Crippen LogP contribution in [0.15, 0.2) is 0 Å². The van der Waals surface area contributed by atoms with E-state index in [1.807, 2.05) is 0 Å². The van der Waals surface area contributed by atoms with Crippen LogP contribution < -0.4 is 0 Å².